The van der Waals surface area contributed by atoms with Gasteiger partial charge in [0.05, 0.1) is 12.0 Å². The predicted octanol–water partition coefficient (Wildman–Crippen LogP) is 3.56. The number of rotatable bonds is 5. The Bertz CT molecular complexity index is 979. The van der Waals surface area contributed by atoms with Crippen LogP contribution < -0.4 is 0 Å². The zero-order valence-electron chi connectivity index (χ0n) is 13.1. The molecule has 0 saturated carbocycles. The van der Waals surface area contributed by atoms with Crippen molar-refractivity contribution in [1.29, 1.82) is 0 Å². The number of halogens is 1. The molecule has 0 aliphatic rings. The summed E-state index contributed by atoms with van der Waals surface area (Å²) in [6.07, 6.45) is 1.59. The van der Waals surface area contributed by atoms with Gasteiger partial charge in [-0.05, 0) is 36.4 Å². The van der Waals surface area contributed by atoms with Gasteiger partial charge in [-0.3, -0.25) is 0 Å². The zero-order valence-corrected chi connectivity index (χ0v) is 13.9. The molecule has 3 heterocycles. The van der Waals surface area contributed by atoms with Crippen molar-refractivity contribution in [2.24, 2.45) is 7.05 Å². The summed E-state index contributed by atoms with van der Waals surface area (Å²) < 4.78 is 25.4. The molecular formula is C16H12FN5O2S. The molecule has 1 aromatic carbocycles. The Morgan fingerprint density at radius 3 is 2.76 bits per heavy atom. The number of hydrogen-bond acceptors (Lipinski definition) is 7. The Balaban J connectivity index is 1.46. The molecule has 3 aromatic heterocycles. The zero-order chi connectivity index (χ0) is 17.2. The number of aromatic nitrogens is 5. The number of furan rings is 1. The maximum atomic E-state index is 13.0. The molecule has 0 amide bonds. The molecule has 25 heavy (non-hydrogen) atoms. The van der Waals surface area contributed by atoms with E-state index >= 15 is 0 Å². The molecule has 0 atom stereocenters. The summed E-state index contributed by atoms with van der Waals surface area (Å²) in [7, 11) is 1.86. The van der Waals surface area contributed by atoms with E-state index in [9.17, 15) is 4.39 Å². The molecule has 0 N–H and O–H groups in total. The van der Waals surface area contributed by atoms with Gasteiger partial charge >= 0.3 is 0 Å². The topological polar surface area (TPSA) is 82.8 Å². The van der Waals surface area contributed by atoms with Gasteiger partial charge in [0.2, 0.25) is 11.7 Å². The van der Waals surface area contributed by atoms with Gasteiger partial charge in [0.15, 0.2) is 16.7 Å². The minimum Gasteiger partial charge on any atom is -0.461 e. The van der Waals surface area contributed by atoms with Crippen molar-refractivity contribution in [2.45, 2.75) is 10.9 Å². The standard InChI is InChI=1S/C16H12FN5O2S/c1-22-15(12-3-2-8-23-12)19-20-16(22)25-9-13-18-14(21-24-13)10-4-6-11(17)7-5-10/h2-8H,9H2,1H3. The van der Waals surface area contributed by atoms with Gasteiger partial charge in [0.25, 0.3) is 0 Å². The summed E-state index contributed by atoms with van der Waals surface area (Å²) >= 11 is 1.42. The van der Waals surface area contributed by atoms with Gasteiger partial charge in [0, 0.05) is 12.6 Å². The normalized spacial score (nSPS) is 11.1. The first-order valence-corrected chi connectivity index (χ1v) is 8.34. The van der Waals surface area contributed by atoms with E-state index in [0.29, 0.717) is 39.8 Å². The molecule has 4 rings (SSSR count). The molecule has 0 radical (unpaired) electrons. The number of benzene rings is 1. The largest absolute Gasteiger partial charge is 0.461 e. The molecule has 126 valence electrons. The fourth-order valence-corrected chi connectivity index (χ4v) is 2.97. The second-order valence-corrected chi connectivity index (χ2v) is 6.09. The summed E-state index contributed by atoms with van der Waals surface area (Å²) in [5, 5.41) is 12.9. The van der Waals surface area contributed by atoms with E-state index in [1.807, 2.05) is 17.7 Å². The highest BCUT2D eigenvalue weighted by Gasteiger charge is 2.15. The van der Waals surface area contributed by atoms with Gasteiger partial charge in [-0.25, -0.2) is 4.39 Å². The number of hydrogen-bond donors (Lipinski definition) is 0. The van der Waals surface area contributed by atoms with Crippen LogP contribution in [0.25, 0.3) is 23.0 Å². The van der Waals surface area contributed by atoms with E-state index in [1.165, 1.54) is 23.9 Å². The van der Waals surface area contributed by atoms with Gasteiger partial charge in [0.1, 0.15) is 5.82 Å². The second kappa shape index (κ2) is 6.52. The van der Waals surface area contributed by atoms with Crippen LogP contribution in [0.2, 0.25) is 0 Å². The van der Waals surface area contributed by atoms with Crippen LogP contribution in [-0.2, 0) is 12.8 Å². The Morgan fingerprint density at radius 2 is 2.00 bits per heavy atom. The van der Waals surface area contributed by atoms with E-state index in [-0.39, 0.29) is 5.82 Å². The summed E-state index contributed by atoms with van der Waals surface area (Å²) in [5.41, 5.74) is 0.695. The van der Waals surface area contributed by atoms with Crippen molar-refractivity contribution >= 4 is 11.8 Å². The quantitative estimate of drug-likeness (QED) is 0.505. The third-order valence-electron chi connectivity index (χ3n) is 3.47. The van der Waals surface area contributed by atoms with Gasteiger partial charge < -0.3 is 13.5 Å². The first kappa shape index (κ1) is 15.6. The highest BCUT2D eigenvalue weighted by Crippen LogP contribution is 2.25. The minimum atomic E-state index is -0.308. The number of nitrogens with zero attached hydrogens (tertiary/aromatic N) is 5. The minimum absolute atomic E-state index is 0.308. The molecule has 9 heteroatoms. The number of thioether (sulfide) groups is 1. The van der Waals surface area contributed by atoms with Crippen molar-refractivity contribution in [3.63, 3.8) is 0 Å². The molecular weight excluding hydrogens is 345 g/mol. The van der Waals surface area contributed by atoms with Crippen molar-refractivity contribution < 1.29 is 13.3 Å². The lowest BCUT2D eigenvalue weighted by Crippen LogP contribution is -1.94. The van der Waals surface area contributed by atoms with Crippen LogP contribution in [0.4, 0.5) is 4.39 Å². The Kier molecular flexibility index (Phi) is 4.06. The smallest absolute Gasteiger partial charge is 0.237 e. The summed E-state index contributed by atoms with van der Waals surface area (Å²) in [5.74, 6) is 2.30. The summed E-state index contributed by atoms with van der Waals surface area (Å²) in [4.78, 5) is 4.31. The Morgan fingerprint density at radius 1 is 1.16 bits per heavy atom. The van der Waals surface area contributed by atoms with Gasteiger partial charge in [-0.1, -0.05) is 16.9 Å². The van der Waals surface area contributed by atoms with Crippen LogP contribution in [0.3, 0.4) is 0 Å². The van der Waals surface area contributed by atoms with Crippen LogP contribution in [0.15, 0.2) is 56.8 Å². The average Bonchev–Trinajstić information content (AvgIpc) is 3.34. The first-order chi connectivity index (χ1) is 12.2. The van der Waals surface area contributed by atoms with Crippen molar-refractivity contribution in [1.82, 2.24) is 24.9 Å². The Labute approximate surface area is 145 Å². The molecule has 0 saturated heterocycles. The van der Waals surface area contributed by atoms with Crippen LogP contribution in [0, 0.1) is 5.82 Å². The lowest BCUT2D eigenvalue weighted by Gasteiger charge is -1.99. The lowest BCUT2D eigenvalue weighted by molar-refractivity contribution is 0.391. The fourth-order valence-electron chi connectivity index (χ4n) is 2.22. The van der Waals surface area contributed by atoms with Crippen molar-refractivity contribution in [2.75, 3.05) is 0 Å². The lowest BCUT2D eigenvalue weighted by atomic mass is 10.2. The monoisotopic (exact) mass is 357 g/mol. The van der Waals surface area contributed by atoms with Crippen LogP contribution >= 0.6 is 11.8 Å². The van der Waals surface area contributed by atoms with E-state index in [1.54, 1.807) is 24.5 Å². The summed E-state index contributed by atoms with van der Waals surface area (Å²) in [6.45, 7) is 0. The highest BCUT2D eigenvalue weighted by molar-refractivity contribution is 7.98. The molecule has 0 fully saturated rings. The SMILES string of the molecule is Cn1c(SCc2nc(-c3ccc(F)cc3)no2)nnc1-c1ccco1. The first-order valence-electron chi connectivity index (χ1n) is 7.35. The maximum absolute atomic E-state index is 13.0. The maximum Gasteiger partial charge on any atom is 0.237 e. The van der Waals surface area contributed by atoms with Crippen molar-refractivity contribution in [3.05, 3.63) is 54.4 Å². The molecule has 0 spiro atoms. The van der Waals surface area contributed by atoms with E-state index in [4.69, 9.17) is 8.94 Å². The molecule has 0 aliphatic heterocycles. The van der Waals surface area contributed by atoms with Crippen molar-refractivity contribution in [3.8, 4) is 23.0 Å². The van der Waals surface area contributed by atoms with Gasteiger partial charge in [-0.15, -0.1) is 10.2 Å². The molecule has 0 unspecified atom stereocenters. The van der Waals surface area contributed by atoms with E-state index in [0.717, 1.165) is 0 Å². The van der Waals surface area contributed by atoms with E-state index < -0.39 is 0 Å². The Hall–Kier alpha value is -2.94. The third kappa shape index (κ3) is 3.18. The highest BCUT2D eigenvalue weighted by atomic mass is 32.2. The fraction of sp³-hybridized carbons (Fsp3) is 0.125. The van der Waals surface area contributed by atoms with Crippen LogP contribution in [-0.4, -0.2) is 24.9 Å². The summed E-state index contributed by atoms with van der Waals surface area (Å²) in [6, 6.07) is 9.55. The predicted molar refractivity (Wildman–Crippen MR) is 88.0 cm³/mol. The molecule has 7 nitrogen and oxygen atoms in total. The van der Waals surface area contributed by atoms with Gasteiger partial charge in [-0.2, -0.15) is 4.98 Å². The van der Waals surface area contributed by atoms with Crippen LogP contribution in [0.5, 0.6) is 0 Å². The molecule has 4 aromatic rings. The average molecular weight is 357 g/mol. The second-order valence-electron chi connectivity index (χ2n) is 5.15. The molecule has 0 bridgehead atoms. The third-order valence-corrected chi connectivity index (χ3v) is 4.48. The van der Waals surface area contributed by atoms with Crippen LogP contribution in [0.1, 0.15) is 5.89 Å². The molecule has 0 aliphatic carbocycles. The van der Waals surface area contributed by atoms with E-state index in [2.05, 4.69) is 20.3 Å².